The Bertz CT molecular complexity index is 362. The molecule has 1 atom stereocenters. The molecule has 2 aliphatic rings. The molecule has 1 unspecified atom stereocenters. The third kappa shape index (κ3) is 0.903. The monoisotopic (exact) mass is 169 g/mol. The van der Waals surface area contributed by atoms with Gasteiger partial charge in [-0.2, -0.15) is 0 Å². The summed E-state index contributed by atoms with van der Waals surface area (Å²) in [5.74, 6) is 0. The van der Waals surface area contributed by atoms with E-state index < -0.39 is 15.3 Å². The molecule has 4 heteroatoms. The van der Waals surface area contributed by atoms with Crippen molar-refractivity contribution in [3.63, 3.8) is 0 Å². The van der Waals surface area contributed by atoms with Crippen LogP contribution in [0.25, 0.3) is 0 Å². The number of allylic oxidation sites excluding steroid dienone is 3. The van der Waals surface area contributed by atoms with Crippen molar-refractivity contribution in [2.75, 3.05) is 0 Å². The van der Waals surface area contributed by atoms with Gasteiger partial charge in [0.1, 0.15) is 5.25 Å². The van der Waals surface area contributed by atoms with Crippen molar-refractivity contribution < 1.29 is 8.42 Å². The number of fused-ring (bicyclic) bond motifs is 1. The van der Waals surface area contributed by atoms with Gasteiger partial charge in [0.05, 0.1) is 0 Å². The lowest BCUT2D eigenvalue weighted by atomic mass is 10.1. The molecule has 0 radical (unpaired) electrons. The quantitative estimate of drug-likeness (QED) is 0.567. The molecule has 0 aromatic rings. The van der Waals surface area contributed by atoms with E-state index in [1.165, 1.54) is 6.20 Å². The van der Waals surface area contributed by atoms with E-state index in [1.807, 2.05) is 6.08 Å². The van der Waals surface area contributed by atoms with Crippen molar-refractivity contribution >= 4 is 10.0 Å². The second-order valence-electron chi connectivity index (χ2n) is 2.47. The SMILES string of the molecule is O=S1(=O)NC=C2C=CC=CC21. The molecule has 0 amide bonds. The highest BCUT2D eigenvalue weighted by Crippen LogP contribution is 2.22. The lowest BCUT2D eigenvalue weighted by Crippen LogP contribution is -2.23. The summed E-state index contributed by atoms with van der Waals surface area (Å²) in [6, 6.07) is 0. The van der Waals surface area contributed by atoms with Gasteiger partial charge in [-0.3, -0.25) is 4.72 Å². The summed E-state index contributed by atoms with van der Waals surface area (Å²) in [7, 11) is -3.13. The molecule has 1 aliphatic heterocycles. The molecule has 2 rings (SSSR count). The Morgan fingerprint density at radius 2 is 2.18 bits per heavy atom. The van der Waals surface area contributed by atoms with E-state index in [4.69, 9.17) is 0 Å². The smallest absolute Gasteiger partial charge is 0.243 e. The number of rotatable bonds is 0. The Hall–Kier alpha value is -1.03. The maximum atomic E-state index is 11.1. The summed E-state index contributed by atoms with van der Waals surface area (Å²) in [5, 5.41) is -0.465. The first-order chi connectivity index (χ1) is 5.20. The Labute approximate surface area is 65.2 Å². The number of hydrogen-bond donors (Lipinski definition) is 1. The van der Waals surface area contributed by atoms with E-state index in [1.54, 1.807) is 18.2 Å². The molecule has 58 valence electrons. The molecule has 0 aromatic heterocycles. The van der Waals surface area contributed by atoms with Crippen LogP contribution in [0.3, 0.4) is 0 Å². The van der Waals surface area contributed by atoms with Crippen LogP contribution in [0.2, 0.25) is 0 Å². The largest absolute Gasteiger partial charge is 0.289 e. The normalized spacial score (nSPS) is 30.9. The van der Waals surface area contributed by atoms with Crippen LogP contribution in [-0.2, 0) is 10.0 Å². The van der Waals surface area contributed by atoms with Gasteiger partial charge in [-0.15, -0.1) is 0 Å². The summed E-state index contributed by atoms with van der Waals surface area (Å²) >= 11 is 0. The standard InChI is InChI=1S/C7H7NO2S/c9-11(10)7-4-2-1-3-6(7)5-8-11/h1-5,7-8H. The van der Waals surface area contributed by atoms with Gasteiger partial charge in [0.2, 0.25) is 10.0 Å². The highest BCUT2D eigenvalue weighted by atomic mass is 32.2. The molecule has 1 aliphatic carbocycles. The number of hydrogen-bond acceptors (Lipinski definition) is 2. The van der Waals surface area contributed by atoms with E-state index in [-0.39, 0.29) is 0 Å². The molecular formula is C7H7NO2S. The lowest BCUT2D eigenvalue weighted by molar-refractivity contribution is 0.591. The Kier molecular flexibility index (Phi) is 1.20. The van der Waals surface area contributed by atoms with Crippen LogP contribution >= 0.6 is 0 Å². The number of nitrogens with one attached hydrogen (secondary N) is 1. The van der Waals surface area contributed by atoms with Crippen molar-refractivity contribution in [2.45, 2.75) is 5.25 Å². The van der Waals surface area contributed by atoms with E-state index in [0.717, 1.165) is 5.57 Å². The van der Waals surface area contributed by atoms with Crippen LogP contribution in [0.4, 0.5) is 0 Å². The van der Waals surface area contributed by atoms with Crippen molar-refractivity contribution in [1.82, 2.24) is 4.72 Å². The molecule has 3 nitrogen and oxygen atoms in total. The highest BCUT2D eigenvalue weighted by molar-refractivity contribution is 7.90. The minimum Gasteiger partial charge on any atom is -0.289 e. The van der Waals surface area contributed by atoms with Crippen LogP contribution < -0.4 is 4.72 Å². The first kappa shape index (κ1) is 6.67. The van der Waals surface area contributed by atoms with Gasteiger partial charge in [-0.25, -0.2) is 8.42 Å². The average molecular weight is 169 g/mol. The predicted molar refractivity (Wildman–Crippen MR) is 42.2 cm³/mol. The summed E-state index contributed by atoms with van der Waals surface area (Å²) in [6.07, 6.45) is 8.56. The second kappa shape index (κ2) is 1.98. The topological polar surface area (TPSA) is 46.2 Å². The van der Waals surface area contributed by atoms with Crippen LogP contribution in [0.15, 0.2) is 36.1 Å². The van der Waals surface area contributed by atoms with Gasteiger partial charge < -0.3 is 0 Å². The zero-order valence-corrected chi connectivity index (χ0v) is 6.51. The van der Waals surface area contributed by atoms with Crippen LogP contribution in [0.5, 0.6) is 0 Å². The molecule has 11 heavy (non-hydrogen) atoms. The Balaban J connectivity index is 2.51. The van der Waals surface area contributed by atoms with E-state index in [9.17, 15) is 8.42 Å². The molecule has 0 bridgehead atoms. The third-order valence-corrected chi connectivity index (χ3v) is 3.28. The fourth-order valence-electron chi connectivity index (χ4n) is 1.17. The minimum atomic E-state index is -3.13. The van der Waals surface area contributed by atoms with Crippen molar-refractivity contribution in [1.29, 1.82) is 0 Å². The number of sulfonamides is 1. The minimum absolute atomic E-state index is 0.465. The Morgan fingerprint density at radius 3 is 2.91 bits per heavy atom. The van der Waals surface area contributed by atoms with Gasteiger partial charge >= 0.3 is 0 Å². The Morgan fingerprint density at radius 1 is 1.36 bits per heavy atom. The molecular weight excluding hydrogens is 162 g/mol. The maximum absolute atomic E-state index is 11.1. The molecule has 0 aromatic carbocycles. The van der Waals surface area contributed by atoms with Gasteiger partial charge in [0.15, 0.2) is 0 Å². The van der Waals surface area contributed by atoms with Gasteiger partial charge in [0.25, 0.3) is 0 Å². The van der Waals surface area contributed by atoms with Crippen LogP contribution in [0, 0.1) is 0 Å². The van der Waals surface area contributed by atoms with E-state index in [2.05, 4.69) is 4.72 Å². The lowest BCUT2D eigenvalue weighted by Gasteiger charge is -2.07. The van der Waals surface area contributed by atoms with E-state index in [0.29, 0.717) is 0 Å². The summed E-state index contributed by atoms with van der Waals surface area (Å²) in [4.78, 5) is 0. The molecule has 0 fully saturated rings. The first-order valence-corrected chi connectivity index (χ1v) is 4.81. The summed E-state index contributed by atoms with van der Waals surface area (Å²) < 4.78 is 24.6. The predicted octanol–water partition coefficient (Wildman–Crippen LogP) is 0.298. The van der Waals surface area contributed by atoms with Gasteiger partial charge in [-0.1, -0.05) is 24.3 Å². The van der Waals surface area contributed by atoms with Crippen LogP contribution in [0.1, 0.15) is 0 Å². The summed E-state index contributed by atoms with van der Waals surface area (Å²) in [6.45, 7) is 0. The van der Waals surface area contributed by atoms with E-state index >= 15 is 0 Å². The first-order valence-electron chi connectivity index (χ1n) is 3.26. The second-order valence-corrected chi connectivity index (χ2v) is 4.31. The molecule has 1 heterocycles. The van der Waals surface area contributed by atoms with Crippen molar-refractivity contribution in [3.05, 3.63) is 36.1 Å². The average Bonchev–Trinajstić information content (AvgIpc) is 2.29. The molecule has 0 spiro atoms. The fourth-order valence-corrected chi connectivity index (χ4v) is 2.42. The summed E-state index contributed by atoms with van der Waals surface area (Å²) in [5.41, 5.74) is 0.813. The van der Waals surface area contributed by atoms with Crippen molar-refractivity contribution in [2.24, 2.45) is 0 Å². The highest BCUT2D eigenvalue weighted by Gasteiger charge is 2.30. The van der Waals surface area contributed by atoms with Crippen LogP contribution in [-0.4, -0.2) is 13.7 Å². The molecule has 1 N–H and O–H groups in total. The van der Waals surface area contributed by atoms with Crippen molar-refractivity contribution in [3.8, 4) is 0 Å². The van der Waals surface area contributed by atoms with Gasteiger partial charge in [-0.05, 0) is 5.57 Å². The fraction of sp³-hybridized carbons (Fsp3) is 0.143. The third-order valence-electron chi connectivity index (χ3n) is 1.74. The molecule has 0 saturated carbocycles. The maximum Gasteiger partial charge on any atom is 0.243 e. The van der Waals surface area contributed by atoms with Gasteiger partial charge in [0, 0.05) is 6.20 Å². The molecule has 0 saturated heterocycles. The zero-order chi connectivity index (χ0) is 7.90. The zero-order valence-electron chi connectivity index (χ0n) is 5.69.